The van der Waals surface area contributed by atoms with E-state index < -0.39 is 9.84 Å². The average Bonchev–Trinajstić information content (AvgIpc) is 2.77. The molecule has 106 valence electrons. The lowest BCUT2D eigenvalue weighted by Gasteiger charge is -2.28. The molecule has 0 aliphatic carbocycles. The standard InChI is InChI=1S/C12H24N2O3S/c1-3-8-14(11-6-7-13-10-11)12(15)5-4-9-18(2,16)17/h11,13H,3-10H2,1-2H3. The topological polar surface area (TPSA) is 66.5 Å². The minimum Gasteiger partial charge on any atom is -0.338 e. The summed E-state index contributed by atoms with van der Waals surface area (Å²) < 4.78 is 22.1. The Hall–Kier alpha value is -0.620. The molecule has 0 aromatic rings. The summed E-state index contributed by atoms with van der Waals surface area (Å²) in [5.74, 6) is 0.191. The molecule has 18 heavy (non-hydrogen) atoms. The van der Waals surface area contributed by atoms with Gasteiger partial charge in [0.25, 0.3) is 0 Å². The second kappa shape index (κ2) is 7.09. The smallest absolute Gasteiger partial charge is 0.222 e. The summed E-state index contributed by atoms with van der Waals surface area (Å²) in [6.45, 7) is 4.64. The van der Waals surface area contributed by atoms with E-state index in [1.54, 1.807) is 0 Å². The van der Waals surface area contributed by atoms with Crippen LogP contribution >= 0.6 is 0 Å². The molecule has 1 fully saturated rings. The van der Waals surface area contributed by atoms with Gasteiger partial charge in [-0.3, -0.25) is 4.79 Å². The van der Waals surface area contributed by atoms with Gasteiger partial charge < -0.3 is 10.2 Å². The van der Waals surface area contributed by atoms with Crippen molar-refractivity contribution in [3.8, 4) is 0 Å². The van der Waals surface area contributed by atoms with Crippen molar-refractivity contribution in [1.82, 2.24) is 10.2 Å². The van der Waals surface area contributed by atoms with Crippen LogP contribution in [0.3, 0.4) is 0 Å². The number of sulfone groups is 1. The first-order valence-electron chi connectivity index (χ1n) is 6.62. The number of carbonyl (C=O) groups is 1. The van der Waals surface area contributed by atoms with Gasteiger partial charge >= 0.3 is 0 Å². The summed E-state index contributed by atoms with van der Waals surface area (Å²) in [5.41, 5.74) is 0. The van der Waals surface area contributed by atoms with Gasteiger partial charge in [-0.15, -0.1) is 0 Å². The Morgan fingerprint density at radius 1 is 1.44 bits per heavy atom. The summed E-state index contributed by atoms with van der Waals surface area (Å²) in [4.78, 5) is 14.0. The van der Waals surface area contributed by atoms with E-state index >= 15 is 0 Å². The summed E-state index contributed by atoms with van der Waals surface area (Å²) in [5, 5.41) is 3.26. The first kappa shape index (κ1) is 15.4. The molecule has 0 aromatic heterocycles. The Bertz CT molecular complexity index is 362. The SMILES string of the molecule is CCCN(C(=O)CCCS(C)(=O)=O)C1CCNC1. The van der Waals surface area contributed by atoms with Crippen molar-refractivity contribution in [3.05, 3.63) is 0 Å². The van der Waals surface area contributed by atoms with Gasteiger partial charge in [0.15, 0.2) is 0 Å². The Labute approximate surface area is 110 Å². The first-order valence-corrected chi connectivity index (χ1v) is 8.68. The average molecular weight is 276 g/mol. The van der Waals surface area contributed by atoms with E-state index in [0.717, 1.165) is 32.5 Å². The van der Waals surface area contributed by atoms with E-state index in [2.05, 4.69) is 12.2 Å². The van der Waals surface area contributed by atoms with Crippen molar-refractivity contribution in [2.75, 3.05) is 31.6 Å². The van der Waals surface area contributed by atoms with Gasteiger partial charge in [0, 0.05) is 31.8 Å². The van der Waals surface area contributed by atoms with E-state index in [0.29, 0.717) is 12.8 Å². The summed E-state index contributed by atoms with van der Waals surface area (Å²) in [7, 11) is -2.96. The lowest BCUT2D eigenvalue weighted by molar-refractivity contribution is -0.133. The maximum atomic E-state index is 12.1. The number of rotatable bonds is 7. The summed E-state index contributed by atoms with van der Waals surface area (Å²) >= 11 is 0. The Morgan fingerprint density at radius 3 is 2.67 bits per heavy atom. The third-order valence-corrected chi connectivity index (χ3v) is 4.20. The summed E-state index contributed by atoms with van der Waals surface area (Å²) in [6.07, 6.45) is 3.91. The number of hydrogen-bond acceptors (Lipinski definition) is 4. The molecule has 1 saturated heterocycles. The van der Waals surface area contributed by atoms with E-state index in [1.165, 1.54) is 6.26 Å². The highest BCUT2D eigenvalue weighted by molar-refractivity contribution is 7.90. The molecule has 1 atom stereocenters. The Morgan fingerprint density at radius 2 is 2.17 bits per heavy atom. The number of carbonyl (C=O) groups excluding carboxylic acids is 1. The molecule has 1 aliphatic rings. The molecule has 0 spiro atoms. The molecule has 1 heterocycles. The fourth-order valence-corrected chi connectivity index (χ4v) is 2.96. The number of nitrogens with zero attached hydrogens (tertiary/aromatic N) is 1. The van der Waals surface area contributed by atoms with Crippen LogP contribution in [0.5, 0.6) is 0 Å². The van der Waals surface area contributed by atoms with E-state index in [1.807, 2.05) is 4.90 Å². The van der Waals surface area contributed by atoms with Crippen molar-refractivity contribution >= 4 is 15.7 Å². The predicted octanol–water partition coefficient (Wildman–Crippen LogP) is 0.412. The molecule has 5 nitrogen and oxygen atoms in total. The van der Waals surface area contributed by atoms with Gasteiger partial charge in [-0.2, -0.15) is 0 Å². The molecule has 1 amide bonds. The summed E-state index contributed by atoms with van der Waals surface area (Å²) in [6, 6.07) is 0.288. The zero-order valence-corrected chi connectivity index (χ0v) is 12.1. The molecule has 0 bridgehead atoms. The molecule has 1 unspecified atom stereocenters. The number of hydrogen-bond donors (Lipinski definition) is 1. The van der Waals surface area contributed by atoms with Crippen molar-refractivity contribution in [2.45, 2.75) is 38.6 Å². The molecule has 0 aromatic carbocycles. The van der Waals surface area contributed by atoms with Crippen LogP contribution in [0.1, 0.15) is 32.6 Å². The van der Waals surface area contributed by atoms with Crippen LogP contribution in [-0.2, 0) is 14.6 Å². The number of amides is 1. The highest BCUT2D eigenvalue weighted by atomic mass is 32.2. The van der Waals surface area contributed by atoms with Crippen LogP contribution in [0.25, 0.3) is 0 Å². The minimum atomic E-state index is -2.96. The normalized spacial score (nSPS) is 20.0. The molecule has 0 saturated carbocycles. The van der Waals surface area contributed by atoms with Gasteiger partial charge in [-0.05, 0) is 25.8 Å². The Balaban J connectivity index is 2.44. The van der Waals surface area contributed by atoms with Crippen molar-refractivity contribution in [2.24, 2.45) is 0 Å². The molecule has 0 radical (unpaired) electrons. The lowest BCUT2D eigenvalue weighted by Crippen LogP contribution is -2.42. The quantitative estimate of drug-likeness (QED) is 0.731. The predicted molar refractivity (Wildman–Crippen MR) is 72.2 cm³/mol. The molecule has 1 aliphatic heterocycles. The molecule has 6 heteroatoms. The molecule has 1 N–H and O–H groups in total. The molecule has 1 rings (SSSR count). The van der Waals surface area contributed by atoms with Crippen LogP contribution in [0.2, 0.25) is 0 Å². The zero-order valence-electron chi connectivity index (χ0n) is 11.3. The zero-order chi connectivity index (χ0) is 13.6. The highest BCUT2D eigenvalue weighted by Crippen LogP contribution is 2.12. The highest BCUT2D eigenvalue weighted by Gasteiger charge is 2.25. The second-order valence-corrected chi connectivity index (χ2v) is 7.23. The van der Waals surface area contributed by atoms with Crippen molar-refractivity contribution in [3.63, 3.8) is 0 Å². The fraction of sp³-hybridized carbons (Fsp3) is 0.917. The lowest BCUT2D eigenvalue weighted by atomic mass is 10.2. The van der Waals surface area contributed by atoms with Crippen molar-refractivity contribution in [1.29, 1.82) is 0 Å². The van der Waals surface area contributed by atoms with Crippen LogP contribution in [-0.4, -0.2) is 56.9 Å². The Kier molecular flexibility index (Phi) is 6.08. The van der Waals surface area contributed by atoms with E-state index in [-0.39, 0.29) is 17.7 Å². The largest absolute Gasteiger partial charge is 0.338 e. The van der Waals surface area contributed by atoms with E-state index in [9.17, 15) is 13.2 Å². The van der Waals surface area contributed by atoms with Gasteiger partial charge in [0.2, 0.25) is 5.91 Å². The monoisotopic (exact) mass is 276 g/mol. The van der Waals surface area contributed by atoms with Gasteiger partial charge in [-0.1, -0.05) is 6.92 Å². The third-order valence-electron chi connectivity index (χ3n) is 3.17. The maximum absolute atomic E-state index is 12.1. The van der Waals surface area contributed by atoms with Gasteiger partial charge in [-0.25, -0.2) is 8.42 Å². The minimum absolute atomic E-state index is 0.0919. The van der Waals surface area contributed by atoms with Gasteiger partial charge in [0.05, 0.1) is 5.75 Å². The second-order valence-electron chi connectivity index (χ2n) is 4.97. The van der Waals surface area contributed by atoms with E-state index in [4.69, 9.17) is 0 Å². The number of nitrogens with one attached hydrogen (secondary N) is 1. The van der Waals surface area contributed by atoms with Crippen LogP contribution < -0.4 is 5.32 Å². The van der Waals surface area contributed by atoms with Gasteiger partial charge in [0.1, 0.15) is 9.84 Å². The van der Waals surface area contributed by atoms with Crippen LogP contribution in [0, 0.1) is 0 Å². The van der Waals surface area contributed by atoms with Crippen LogP contribution in [0.4, 0.5) is 0 Å². The third kappa shape index (κ3) is 5.35. The first-order chi connectivity index (χ1) is 8.44. The fourth-order valence-electron chi connectivity index (χ4n) is 2.29. The molecular formula is C12H24N2O3S. The maximum Gasteiger partial charge on any atom is 0.222 e. The molecular weight excluding hydrogens is 252 g/mol. The van der Waals surface area contributed by atoms with Crippen LogP contribution in [0.15, 0.2) is 0 Å². The van der Waals surface area contributed by atoms with Crippen molar-refractivity contribution < 1.29 is 13.2 Å².